The van der Waals surface area contributed by atoms with E-state index in [-0.39, 0.29) is 11.5 Å². The van der Waals surface area contributed by atoms with Crippen molar-refractivity contribution in [1.29, 1.82) is 0 Å². The van der Waals surface area contributed by atoms with Crippen LogP contribution in [0.5, 0.6) is 0 Å². The summed E-state index contributed by atoms with van der Waals surface area (Å²) >= 11 is 0. The lowest BCUT2D eigenvalue weighted by Gasteiger charge is -2.23. The molecule has 2 aliphatic rings. The number of pyridine rings is 2. The quantitative estimate of drug-likeness (QED) is 0.887. The zero-order chi connectivity index (χ0) is 17.9. The van der Waals surface area contributed by atoms with Gasteiger partial charge in [-0.25, -0.2) is 9.18 Å². The first-order chi connectivity index (χ1) is 11.9. The average Bonchev–Trinajstić information content (AvgIpc) is 3.30. The number of hydrogen-bond donors (Lipinski definition) is 2. The van der Waals surface area contributed by atoms with Crippen molar-refractivity contribution in [2.24, 2.45) is 0 Å². The molecule has 6 nitrogen and oxygen atoms in total. The number of anilines is 1. The van der Waals surface area contributed by atoms with Crippen LogP contribution in [-0.2, 0) is 0 Å². The summed E-state index contributed by atoms with van der Waals surface area (Å²) in [5, 5.41) is 19.1. The van der Waals surface area contributed by atoms with E-state index >= 15 is 0 Å². The van der Waals surface area contributed by atoms with Gasteiger partial charge in [-0.15, -0.1) is 0 Å². The van der Waals surface area contributed by atoms with Crippen LogP contribution < -0.4 is 10.5 Å². The van der Waals surface area contributed by atoms with E-state index in [1.807, 2.05) is 0 Å². The Morgan fingerprint density at radius 1 is 1.32 bits per heavy atom. The van der Waals surface area contributed by atoms with Gasteiger partial charge in [0.05, 0.1) is 23.5 Å². The first-order valence-corrected chi connectivity index (χ1v) is 8.43. The Hall–Kier alpha value is -2.41. The number of aliphatic hydroxyl groups excluding tert-OH is 1. The summed E-state index contributed by atoms with van der Waals surface area (Å²) in [4.78, 5) is 25.7. The zero-order valence-corrected chi connectivity index (χ0v) is 13.8. The third kappa shape index (κ3) is 2.50. The van der Waals surface area contributed by atoms with E-state index in [9.17, 15) is 24.2 Å². The third-order valence-electron chi connectivity index (χ3n) is 5.17. The second-order valence-corrected chi connectivity index (χ2v) is 6.96. The van der Waals surface area contributed by atoms with Gasteiger partial charge in [-0.2, -0.15) is 0 Å². The van der Waals surface area contributed by atoms with Gasteiger partial charge in [0, 0.05) is 13.1 Å². The fourth-order valence-electron chi connectivity index (χ4n) is 3.83. The van der Waals surface area contributed by atoms with Crippen LogP contribution in [0.25, 0.3) is 5.52 Å². The second kappa shape index (κ2) is 5.56. The molecule has 1 saturated carbocycles. The van der Waals surface area contributed by atoms with Gasteiger partial charge in [-0.3, -0.25) is 9.20 Å². The average molecular weight is 346 g/mol. The van der Waals surface area contributed by atoms with Crippen LogP contribution in [0, 0.1) is 12.7 Å². The maximum atomic E-state index is 14.8. The molecule has 0 bridgehead atoms. The van der Waals surface area contributed by atoms with Crippen molar-refractivity contribution in [3.63, 3.8) is 0 Å². The molecule has 0 amide bonds. The van der Waals surface area contributed by atoms with Crippen LogP contribution in [0.4, 0.5) is 10.1 Å². The highest BCUT2D eigenvalue weighted by molar-refractivity contribution is 5.89. The lowest BCUT2D eigenvalue weighted by atomic mass is 10.0. The summed E-state index contributed by atoms with van der Waals surface area (Å²) in [7, 11) is 0. The molecule has 0 unspecified atom stereocenters. The lowest BCUT2D eigenvalue weighted by Crippen LogP contribution is -2.27. The fourth-order valence-corrected chi connectivity index (χ4v) is 3.83. The highest BCUT2D eigenvalue weighted by Gasteiger charge is 2.31. The van der Waals surface area contributed by atoms with Gasteiger partial charge < -0.3 is 15.1 Å². The molecule has 3 heterocycles. The van der Waals surface area contributed by atoms with Crippen molar-refractivity contribution in [2.75, 3.05) is 18.0 Å². The summed E-state index contributed by atoms with van der Waals surface area (Å²) in [6.45, 7) is 2.65. The van der Waals surface area contributed by atoms with Crippen molar-refractivity contribution < 1.29 is 19.4 Å². The number of aliphatic hydroxyl groups is 1. The molecule has 2 aromatic heterocycles. The van der Waals surface area contributed by atoms with E-state index in [4.69, 9.17) is 0 Å². The summed E-state index contributed by atoms with van der Waals surface area (Å²) in [5.41, 5.74) is 1.33. The maximum absolute atomic E-state index is 14.8. The molecule has 25 heavy (non-hydrogen) atoms. The van der Waals surface area contributed by atoms with Crippen molar-refractivity contribution in [1.82, 2.24) is 4.40 Å². The molecule has 0 spiro atoms. The van der Waals surface area contributed by atoms with Crippen LogP contribution in [0.3, 0.4) is 0 Å². The topological polar surface area (TPSA) is 82.2 Å². The molecule has 1 aliphatic heterocycles. The summed E-state index contributed by atoms with van der Waals surface area (Å²) in [5.74, 6) is -1.67. The van der Waals surface area contributed by atoms with Crippen LogP contribution in [0.15, 0.2) is 17.1 Å². The van der Waals surface area contributed by atoms with Gasteiger partial charge in [0.25, 0.3) is 5.56 Å². The molecule has 2 fully saturated rings. The summed E-state index contributed by atoms with van der Waals surface area (Å²) in [6.07, 6.45) is 3.03. The normalized spacial score (nSPS) is 20.4. The van der Waals surface area contributed by atoms with Gasteiger partial charge in [-0.05, 0) is 49.3 Å². The van der Waals surface area contributed by atoms with Crippen LogP contribution in [0.2, 0.25) is 0 Å². The number of carboxylic acids is 1. The molecule has 2 N–H and O–H groups in total. The molecule has 0 aromatic carbocycles. The van der Waals surface area contributed by atoms with E-state index in [2.05, 4.69) is 0 Å². The Morgan fingerprint density at radius 3 is 2.60 bits per heavy atom. The molecule has 7 heteroatoms. The predicted octanol–water partition coefficient (Wildman–Crippen LogP) is 1.89. The fraction of sp³-hybridized carbons (Fsp3) is 0.444. The number of aromatic nitrogens is 1. The smallest absolute Gasteiger partial charge is 0.341 e. The molecule has 1 atom stereocenters. The van der Waals surface area contributed by atoms with Crippen LogP contribution in [0.1, 0.15) is 46.7 Å². The largest absolute Gasteiger partial charge is 0.477 e. The number of aromatic carboxylic acids is 1. The lowest BCUT2D eigenvalue weighted by molar-refractivity contribution is 0.0694. The number of aryl methyl sites for hydroxylation is 1. The number of halogens is 1. The Morgan fingerprint density at radius 2 is 2.04 bits per heavy atom. The number of β-amino-alcohol motifs (C(OH)–C–C–N with tert-alkyl or cyclic N) is 1. The predicted molar refractivity (Wildman–Crippen MR) is 90.1 cm³/mol. The van der Waals surface area contributed by atoms with Crippen LogP contribution >= 0.6 is 0 Å². The molecule has 1 aliphatic carbocycles. The van der Waals surface area contributed by atoms with E-state index in [0.717, 1.165) is 29.0 Å². The minimum Gasteiger partial charge on any atom is -0.477 e. The maximum Gasteiger partial charge on any atom is 0.341 e. The van der Waals surface area contributed by atoms with Crippen molar-refractivity contribution >= 4 is 17.2 Å². The Balaban J connectivity index is 2.03. The molecular weight excluding hydrogens is 327 g/mol. The summed E-state index contributed by atoms with van der Waals surface area (Å²) < 4.78 is 15.9. The highest BCUT2D eigenvalue weighted by atomic mass is 19.1. The number of carboxylic acid groups (broad SMARTS) is 1. The first-order valence-electron chi connectivity index (χ1n) is 8.43. The number of nitrogens with zero attached hydrogens (tertiary/aromatic N) is 2. The monoisotopic (exact) mass is 346 g/mol. The van der Waals surface area contributed by atoms with Crippen molar-refractivity contribution in [3.05, 3.63) is 45.1 Å². The van der Waals surface area contributed by atoms with E-state index in [0.29, 0.717) is 36.3 Å². The minimum atomic E-state index is -1.30. The second-order valence-electron chi connectivity index (χ2n) is 6.96. The van der Waals surface area contributed by atoms with E-state index < -0.39 is 23.4 Å². The molecule has 0 radical (unpaired) electrons. The number of carbonyl (C=O) groups is 1. The minimum absolute atomic E-state index is 0.204. The number of rotatable bonds is 3. The van der Waals surface area contributed by atoms with Gasteiger partial charge in [0.1, 0.15) is 5.56 Å². The van der Waals surface area contributed by atoms with Crippen molar-refractivity contribution in [2.45, 2.75) is 38.2 Å². The van der Waals surface area contributed by atoms with Gasteiger partial charge in [0.15, 0.2) is 5.82 Å². The Kier molecular flexibility index (Phi) is 3.57. The molecular formula is C18H19FN2O4. The van der Waals surface area contributed by atoms with Crippen molar-refractivity contribution in [3.8, 4) is 0 Å². The third-order valence-corrected chi connectivity index (χ3v) is 5.17. The van der Waals surface area contributed by atoms with E-state index in [1.54, 1.807) is 11.8 Å². The standard InChI is InChI=1S/C18H19FN2O4/c1-9-15-12(10-2-3-10)6-13(18(24)25)17(23)21(15)8-14(19)16(9)20-5-4-11(22)7-20/h6,8,10-11,22H,2-5,7H2,1H3,(H,24,25)/t11-/m1/s1. The molecule has 4 rings (SSSR count). The SMILES string of the molecule is Cc1c(N2CC[C@@H](O)C2)c(F)cn2c(=O)c(C(=O)O)cc(C3CC3)c12. The molecule has 2 aromatic rings. The van der Waals surface area contributed by atoms with Crippen LogP contribution in [-0.4, -0.2) is 39.8 Å². The summed E-state index contributed by atoms with van der Waals surface area (Å²) in [6, 6.07) is 1.45. The van der Waals surface area contributed by atoms with Gasteiger partial charge in [-0.1, -0.05) is 0 Å². The molecule has 1 saturated heterocycles. The Labute approximate surface area is 143 Å². The van der Waals surface area contributed by atoms with E-state index in [1.165, 1.54) is 6.07 Å². The van der Waals surface area contributed by atoms with Gasteiger partial charge >= 0.3 is 5.97 Å². The molecule has 132 valence electrons. The number of hydrogen-bond acceptors (Lipinski definition) is 4. The van der Waals surface area contributed by atoms with Gasteiger partial charge in [0.2, 0.25) is 0 Å². The Bertz CT molecular complexity index is 948. The first kappa shape index (κ1) is 16.1. The zero-order valence-electron chi connectivity index (χ0n) is 13.8. The highest BCUT2D eigenvalue weighted by Crippen LogP contribution is 2.44. The number of fused-ring (bicyclic) bond motifs is 1.